The van der Waals surface area contributed by atoms with E-state index in [-0.39, 0.29) is 0 Å². The predicted molar refractivity (Wildman–Crippen MR) is 90.9 cm³/mol. The summed E-state index contributed by atoms with van der Waals surface area (Å²) in [5.41, 5.74) is 5.25. The summed E-state index contributed by atoms with van der Waals surface area (Å²) in [5.74, 6) is 0. The van der Waals surface area contributed by atoms with Crippen LogP contribution in [0, 0.1) is 6.92 Å². The van der Waals surface area contributed by atoms with Crippen LogP contribution in [0.25, 0.3) is 11.1 Å². The van der Waals surface area contributed by atoms with Crippen molar-refractivity contribution in [3.05, 3.63) is 54.1 Å². The lowest BCUT2D eigenvalue weighted by atomic mass is 10.0. The third-order valence-corrected chi connectivity index (χ3v) is 4.44. The Morgan fingerprint density at radius 1 is 0.762 bits per heavy atom. The van der Waals surface area contributed by atoms with Crippen molar-refractivity contribution in [1.82, 2.24) is 4.90 Å². The van der Waals surface area contributed by atoms with Gasteiger partial charge in [-0.2, -0.15) is 0 Å². The van der Waals surface area contributed by atoms with Crippen LogP contribution in [0.5, 0.6) is 0 Å². The van der Waals surface area contributed by atoms with Crippen molar-refractivity contribution in [3.8, 4) is 11.1 Å². The van der Waals surface area contributed by atoms with E-state index in [4.69, 9.17) is 0 Å². The third kappa shape index (κ3) is 3.27. The van der Waals surface area contributed by atoms with E-state index in [0.717, 1.165) is 13.1 Å². The largest absolute Gasteiger partial charge is 0.369 e. The zero-order valence-electron chi connectivity index (χ0n) is 13.0. The highest BCUT2D eigenvalue weighted by molar-refractivity contribution is 5.66. The molecule has 0 bridgehead atoms. The lowest BCUT2D eigenvalue weighted by molar-refractivity contribution is 0.271. The summed E-state index contributed by atoms with van der Waals surface area (Å²) in [6, 6.07) is 17.8. The molecule has 0 unspecified atom stereocenters. The molecule has 1 aliphatic rings. The van der Waals surface area contributed by atoms with Crippen LogP contribution < -0.4 is 4.90 Å². The lowest BCUT2D eigenvalue weighted by Gasteiger charge is -2.35. The van der Waals surface area contributed by atoms with E-state index in [1.165, 1.54) is 42.0 Å². The highest BCUT2D eigenvalue weighted by atomic mass is 15.3. The summed E-state index contributed by atoms with van der Waals surface area (Å²) in [6.45, 7) is 10.2. The number of aryl methyl sites for hydroxylation is 1. The van der Waals surface area contributed by atoms with Crippen molar-refractivity contribution < 1.29 is 0 Å². The normalized spacial score (nSPS) is 16.2. The summed E-state index contributed by atoms with van der Waals surface area (Å²) in [4.78, 5) is 5.00. The highest BCUT2D eigenvalue weighted by Gasteiger charge is 2.15. The number of likely N-dealkylation sites (N-methyl/N-ethyl adjacent to an activating group) is 1. The minimum atomic E-state index is 1.14. The standard InChI is InChI=1S/C19H24N2/c1-3-20-12-14-21(15-13-20)19-10-8-18(9-11-19)17-6-4-16(2)5-7-17/h4-11H,3,12-15H2,1-2H3. The molecule has 2 heteroatoms. The van der Waals surface area contributed by atoms with Crippen molar-refractivity contribution >= 4 is 5.69 Å². The van der Waals surface area contributed by atoms with Gasteiger partial charge in [0.15, 0.2) is 0 Å². The summed E-state index contributed by atoms with van der Waals surface area (Å²) < 4.78 is 0. The molecule has 0 saturated carbocycles. The maximum absolute atomic E-state index is 2.51. The number of anilines is 1. The van der Waals surface area contributed by atoms with E-state index in [9.17, 15) is 0 Å². The van der Waals surface area contributed by atoms with Gasteiger partial charge in [0, 0.05) is 31.9 Å². The van der Waals surface area contributed by atoms with Crippen molar-refractivity contribution in [3.63, 3.8) is 0 Å². The van der Waals surface area contributed by atoms with Crippen LogP contribution >= 0.6 is 0 Å². The van der Waals surface area contributed by atoms with Gasteiger partial charge in [0.25, 0.3) is 0 Å². The van der Waals surface area contributed by atoms with Crippen molar-refractivity contribution in [2.24, 2.45) is 0 Å². The van der Waals surface area contributed by atoms with Gasteiger partial charge in [-0.3, -0.25) is 0 Å². The number of benzene rings is 2. The number of piperazine rings is 1. The molecule has 0 radical (unpaired) electrons. The minimum absolute atomic E-state index is 1.14. The topological polar surface area (TPSA) is 6.48 Å². The summed E-state index contributed by atoms with van der Waals surface area (Å²) in [6.07, 6.45) is 0. The van der Waals surface area contributed by atoms with Gasteiger partial charge in [-0.25, -0.2) is 0 Å². The Bertz CT molecular complexity index is 564. The first-order chi connectivity index (χ1) is 10.3. The molecule has 0 N–H and O–H groups in total. The summed E-state index contributed by atoms with van der Waals surface area (Å²) >= 11 is 0. The summed E-state index contributed by atoms with van der Waals surface area (Å²) in [7, 11) is 0. The second kappa shape index (κ2) is 6.31. The molecule has 3 rings (SSSR count). The first kappa shape index (κ1) is 14.2. The Hall–Kier alpha value is -1.80. The fourth-order valence-electron chi connectivity index (χ4n) is 2.93. The zero-order valence-corrected chi connectivity index (χ0v) is 13.0. The molecule has 0 amide bonds. The van der Waals surface area contributed by atoms with Gasteiger partial charge < -0.3 is 9.80 Å². The van der Waals surface area contributed by atoms with Crippen LogP contribution in [0.1, 0.15) is 12.5 Å². The Balaban J connectivity index is 1.71. The molecule has 1 fully saturated rings. The predicted octanol–water partition coefficient (Wildman–Crippen LogP) is 3.80. The molecule has 1 saturated heterocycles. The van der Waals surface area contributed by atoms with Crippen molar-refractivity contribution in [1.29, 1.82) is 0 Å². The Morgan fingerprint density at radius 2 is 1.29 bits per heavy atom. The molecular formula is C19H24N2. The molecule has 21 heavy (non-hydrogen) atoms. The zero-order chi connectivity index (χ0) is 14.7. The van der Waals surface area contributed by atoms with Gasteiger partial charge >= 0.3 is 0 Å². The van der Waals surface area contributed by atoms with Gasteiger partial charge in [-0.1, -0.05) is 48.9 Å². The van der Waals surface area contributed by atoms with E-state index in [2.05, 4.69) is 72.2 Å². The van der Waals surface area contributed by atoms with Crippen LogP contribution in [0.4, 0.5) is 5.69 Å². The van der Waals surface area contributed by atoms with Crippen LogP contribution in [0.2, 0.25) is 0 Å². The second-order valence-corrected chi connectivity index (χ2v) is 5.83. The Morgan fingerprint density at radius 3 is 1.81 bits per heavy atom. The van der Waals surface area contributed by atoms with Crippen LogP contribution in [0.15, 0.2) is 48.5 Å². The van der Waals surface area contributed by atoms with E-state index >= 15 is 0 Å². The molecule has 0 atom stereocenters. The monoisotopic (exact) mass is 280 g/mol. The van der Waals surface area contributed by atoms with Gasteiger partial charge in [0.2, 0.25) is 0 Å². The molecule has 0 aromatic heterocycles. The number of rotatable bonds is 3. The molecule has 110 valence electrons. The lowest BCUT2D eigenvalue weighted by Crippen LogP contribution is -2.46. The molecule has 0 aliphatic carbocycles. The second-order valence-electron chi connectivity index (χ2n) is 5.83. The number of nitrogens with zero attached hydrogens (tertiary/aromatic N) is 2. The fourth-order valence-corrected chi connectivity index (χ4v) is 2.93. The van der Waals surface area contributed by atoms with Crippen LogP contribution in [-0.4, -0.2) is 37.6 Å². The van der Waals surface area contributed by atoms with Crippen molar-refractivity contribution in [2.75, 3.05) is 37.6 Å². The van der Waals surface area contributed by atoms with E-state index in [0.29, 0.717) is 0 Å². The van der Waals surface area contributed by atoms with Crippen molar-refractivity contribution in [2.45, 2.75) is 13.8 Å². The molecule has 1 aliphatic heterocycles. The van der Waals surface area contributed by atoms with Crippen LogP contribution in [-0.2, 0) is 0 Å². The number of hydrogen-bond acceptors (Lipinski definition) is 2. The molecule has 2 nitrogen and oxygen atoms in total. The Labute approximate surface area is 128 Å². The molecular weight excluding hydrogens is 256 g/mol. The quantitative estimate of drug-likeness (QED) is 0.843. The minimum Gasteiger partial charge on any atom is -0.369 e. The first-order valence-electron chi connectivity index (χ1n) is 7.90. The van der Waals surface area contributed by atoms with Gasteiger partial charge in [0.1, 0.15) is 0 Å². The highest BCUT2D eigenvalue weighted by Crippen LogP contribution is 2.24. The molecule has 0 spiro atoms. The van der Waals surface area contributed by atoms with E-state index < -0.39 is 0 Å². The molecule has 1 heterocycles. The smallest absolute Gasteiger partial charge is 0.0367 e. The number of hydrogen-bond donors (Lipinski definition) is 0. The van der Waals surface area contributed by atoms with E-state index in [1.807, 2.05) is 0 Å². The fraction of sp³-hybridized carbons (Fsp3) is 0.368. The van der Waals surface area contributed by atoms with Gasteiger partial charge in [-0.15, -0.1) is 0 Å². The Kier molecular flexibility index (Phi) is 4.26. The SMILES string of the molecule is CCN1CCN(c2ccc(-c3ccc(C)cc3)cc2)CC1. The average Bonchev–Trinajstić information content (AvgIpc) is 2.56. The first-order valence-corrected chi connectivity index (χ1v) is 7.90. The third-order valence-electron chi connectivity index (χ3n) is 4.44. The van der Waals surface area contributed by atoms with Gasteiger partial charge in [-0.05, 0) is 36.7 Å². The summed E-state index contributed by atoms with van der Waals surface area (Å²) in [5, 5.41) is 0. The van der Waals surface area contributed by atoms with Gasteiger partial charge in [0.05, 0.1) is 0 Å². The van der Waals surface area contributed by atoms with Crippen LogP contribution in [0.3, 0.4) is 0 Å². The average molecular weight is 280 g/mol. The maximum atomic E-state index is 2.51. The molecule has 2 aromatic carbocycles. The maximum Gasteiger partial charge on any atom is 0.0367 e. The van der Waals surface area contributed by atoms with E-state index in [1.54, 1.807) is 0 Å². The molecule has 2 aromatic rings.